The lowest BCUT2D eigenvalue weighted by atomic mass is 10.0. The van der Waals surface area contributed by atoms with Crippen molar-refractivity contribution in [1.29, 1.82) is 0 Å². The van der Waals surface area contributed by atoms with Crippen molar-refractivity contribution in [2.75, 3.05) is 5.32 Å². The van der Waals surface area contributed by atoms with Crippen LogP contribution in [0, 0.1) is 5.82 Å². The van der Waals surface area contributed by atoms with E-state index in [9.17, 15) is 9.18 Å². The number of nitrogens with one attached hydrogen (secondary N) is 1. The second kappa shape index (κ2) is 7.51. The fourth-order valence-electron chi connectivity index (χ4n) is 2.63. The minimum Gasteiger partial charge on any atom is -0.486 e. The van der Waals surface area contributed by atoms with Gasteiger partial charge in [0.15, 0.2) is 5.01 Å². The van der Waals surface area contributed by atoms with Crippen molar-refractivity contribution in [2.45, 2.75) is 6.61 Å². The molecule has 0 aliphatic rings. The summed E-state index contributed by atoms with van der Waals surface area (Å²) in [7, 11) is 0. The van der Waals surface area contributed by atoms with Gasteiger partial charge in [-0.1, -0.05) is 47.7 Å². The smallest absolute Gasteiger partial charge is 0.258 e. The molecule has 1 aromatic heterocycles. The third-order valence-electron chi connectivity index (χ3n) is 3.90. The van der Waals surface area contributed by atoms with Crippen LogP contribution in [0.2, 0.25) is 0 Å². The van der Waals surface area contributed by atoms with E-state index in [0.717, 1.165) is 10.8 Å². The van der Waals surface area contributed by atoms with Crippen molar-refractivity contribution >= 4 is 33.1 Å². The summed E-state index contributed by atoms with van der Waals surface area (Å²) in [6, 6.07) is 19.0. The molecule has 5 nitrogen and oxygen atoms in total. The van der Waals surface area contributed by atoms with Crippen molar-refractivity contribution < 1.29 is 13.9 Å². The number of carbonyl (C=O) groups excluding carboxylic acids is 1. The van der Waals surface area contributed by atoms with Gasteiger partial charge in [0.2, 0.25) is 5.13 Å². The SMILES string of the molecule is O=C(Nc1nnc(COc2ccc(F)cc2)s1)c1cccc2ccccc12. The molecule has 0 fully saturated rings. The number of carbonyl (C=O) groups is 1. The number of hydrogen-bond acceptors (Lipinski definition) is 5. The average Bonchev–Trinajstić information content (AvgIpc) is 3.14. The third-order valence-corrected chi connectivity index (χ3v) is 4.71. The molecule has 27 heavy (non-hydrogen) atoms. The summed E-state index contributed by atoms with van der Waals surface area (Å²) in [5, 5.41) is 13.6. The number of nitrogens with zero attached hydrogens (tertiary/aromatic N) is 2. The maximum atomic E-state index is 12.9. The lowest BCUT2D eigenvalue weighted by Crippen LogP contribution is -2.12. The first-order valence-corrected chi connectivity index (χ1v) is 9.00. The van der Waals surface area contributed by atoms with Gasteiger partial charge in [-0.2, -0.15) is 0 Å². The summed E-state index contributed by atoms with van der Waals surface area (Å²) >= 11 is 1.23. The summed E-state index contributed by atoms with van der Waals surface area (Å²) in [4.78, 5) is 12.6. The quantitative estimate of drug-likeness (QED) is 0.548. The third kappa shape index (κ3) is 3.93. The highest BCUT2D eigenvalue weighted by Crippen LogP contribution is 2.22. The molecule has 3 aromatic carbocycles. The molecule has 4 aromatic rings. The fourth-order valence-corrected chi connectivity index (χ4v) is 3.27. The van der Waals surface area contributed by atoms with E-state index in [1.165, 1.54) is 23.5 Å². The number of amides is 1. The molecule has 0 bridgehead atoms. The molecule has 134 valence electrons. The number of benzene rings is 3. The molecule has 1 amide bonds. The summed E-state index contributed by atoms with van der Waals surface area (Å²) in [5.74, 6) is -0.0291. The molecule has 0 aliphatic heterocycles. The van der Waals surface area contributed by atoms with Gasteiger partial charge in [0.1, 0.15) is 18.2 Å². The molecule has 0 saturated carbocycles. The van der Waals surface area contributed by atoms with Crippen LogP contribution in [-0.4, -0.2) is 16.1 Å². The molecule has 0 saturated heterocycles. The first-order chi connectivity index (χ1) is 13.2. The van der Waals surface area contributed by atoms with E-state index in [1.54, 1.807) is 18.2 Å². The molecule has 4 rings (SSSR count). The van der Waals surface area contributed by atoms with Crippen molar-refractivity contribution in [3.05, 3.63) is 83.1 Å². The summed E-state index contributed by atoms with van der Waals surface area (Å²) in [5.41, 5.74) is 0.576. The van der Waals surface area contributed by atoms with Gasteiger partial charge >= 0.3 is 0 Å². The summed E-state index contributed by atoms with van der Waals surface area (Å²) < 4.78 is 18.4. The van der Waals surface area contributed by atoms with Crippen LogP contribution in [0.1, 0.15) is 15.4 Å². The molecule has 1 N–H and O–H groups in total. The second-order valence-electron chi connectivity index (χ2n) is 5.72. The highest BCUT2D eigenvalue weighted by molar-refractivity contribution is 7.15. The Morgan fingerprint density at radius 3 is 2.63 bits per heavy atom. The number of anilines is 1. The van der Waals surface area contributed by atoms with Crippen LogP contribution >= 0.6 is 11.3 Å². The van der Waals surface area contributed by atoms with Crippen LogP contribution in [0.5, 0.6) is 5.75 Å². The second-order valence-corrected chi connectivity index (χ2v) is 6.79. The highest BCUT2D eigenvalue weighted by Gasteiger charge is 2.13. The zero-order chi connectivity index (χ0) is 18.6. The standard InChI is InChI=1S/C20H14FN3O2S/c21-14-8-10-15(11-9-14)26-12-18-23-24-20(27-18)22-19(25)17-7-3-5-13-4-1-2-6-16(13)17/h1-11H,12H2,(H,22,24,25). The van der Waals surface area contributed by atoms with E-state index >= 15 is 0 Å². The van der Waals surface area contributed by atoms with E-state index in [4.69, 9.17) is 4.74 Å². The van der Waals surface area contributed by atoms with Crippen molar-refractivity contribution in [1.82, 2.24) is 10.2 Å². The molecule has 7 heteroatoms. The molecular formula is C20H14FN3O2S. The minimum atomic E-state index is -0.323. The Kier molecular flexibility index (Phi) is 4.76. The zero-order valence-corrected chi connectivity index (χ0v) is 14.9. The van der Waals surface area contributed by atoms with Gasteiger partial charge in [-0.25, -0.2) is 4.39 Å². The highest BCUT2D eigenvalue weighted by atomic mass is 32.1. The average molecular weight is 379 g/mol. The van der Waals surface area contributed by atoms with Gasteiger partial charge in [0.25, 0.3) is 5.91 Å². The minimum absolute atomic E-state index is 0.188. The monoisotopic (exact) mass is 379 g/mol. The predicted molar refractivity (Wildman–Crippen MR) is 103 cm³/mol. The van der Waals surface area contributed by atoms with Gasteiger partial charge in [-0.15, -0.1) is 10.2 Å². The van der Waals surface area contributed by atoms with Crippen molar-refractivity contribution in [2.24, 2.45) is 0 Å². The van der Waals surface area contributed by atoms with Gasteiger partial charge < -0.3 is 4.74 Å². The number of fused-ring (bicyclic) bond motifs is 1. The van der Waals surface area contributed by atoms with E-state index in [1.807, 2.05) is 36.4 Å². The number of hydrogen-bond donors (Lipinski definition) is 1. The van der Waals surface area contributed by atoms with Gasteiger partial charge in [-0.05, 0) is 41.1 Å². The topological polar surface area (TPSA) is 64.1 Å². The maximum absolute atomic E-state index is 12.9. The Morgan fingerprint density at radius 1 is 1.00 bits per heavy atom. The van der Waals surface area contributed by atoms with Crippen LogP contribution in [0.15, 0.2) is 66.7 Å². The van der Waals surface area contributed by atoms with Crippen LogP contribution in [-0.2, 0) is 6.61 Å². The van der Waals surface area contributed by atoms with Gasteiger partial charge in [0.05, 0.1) is 0 Å². The van der Waals surface area contributed by atoms with Crippen LogP contribution in [0.4, 0.5) is 9.52 Å². The Bertz CT molecular complexity index is 1090. The Balaban J connectivity index is 1.44. The molecule has 0 aliphatic carbocycles. The van der Waals surface area contributed by atoms with E-state index < -0.39 is 0 Å². The normalized spacial score (nSPS) is 10.7. The van der Waals surface area contributed by atoms with Gasteiger partial charge in [0, 0.05) is 5.56 Å². The van der Waals surface area contributed by atoms with Crippen LogP contribution in [0.25, 0.3) is 10.8 Å². The van der Waals surface area contributed by atoms with Crippen molar-refractivity contribution in [3.8, 4) is 5.75 Å². The summed E-state index contributed by atoms with van der Waals surface area (Å²) in [6.07, 6.45) is 0. The molecule has 0 radical (unpaired) electrons. The largest absolute Gasteiger partial charge is 0.486 e. The van der Waals surface area contributed by atoms with Gasteiger partial charge in [-0.3, -0.25) is 10.1 Å². The Labute approximate surface area is 158 Å². The lowest BCUT2D eigenvalue weighted by Gasteiger charge is -2.05. The Morgan fingerprint density at radius 2 is 1.78 bits per heavy atom. The predicted octanol–water partition coefficient (Wildman–Crippen LogP) is 4.66. The zero-order valence-electron chi connectivity index (χ0n) is 14.1. The van der Waals surface area contributed by atoms with E-state index in [-0.39, 0.29) is 18.3 Å². The number of rotatable bonds is 5. The van der Waals surface area contributed by atoms with Crippen LogP contribution in [0.3, 0.4) is 0 Å². The molecule has 0 spiro atoms. The summed E-state index contributed by atoms with van der Waals surface area (Å²) in [6.45, 7) is 0.188. The fraction of sp³-hybridized carbons (Fsp3) is 0.0500. The van der Waals surface area contributed by atoms with E-state index in [0.29, 0.717) is 21.5 Å². The first-order valence-electron chi connectivity index (χ1n) is 8.19. The number of aromatic nitrogens is 2. The molecule has 1 heterocycles. The van der Waals surface area contributed by atoms with Crippen molar-refractivity contribution in [3.63, 3.8) is 0 Å². The molecular weight excluding hydrogens is 365 g/mol. The van der Waals surface area contributed by atoms with Crippen LogP contribution < -0.4 is 10.1 Å². The molecule has 0 unspecified atom stereocenters. The number of halogens is 1. The Hall–Kier alpha value is -3.32. The lowest BCUT2D eigenvalue weighted by molar-refractivity contribution is 0.102. The maximum Gasteiger partial charge on any atom is 0.258 e. The van der Waals surface area contributed by atoms with E-state index in [2.05, 4.69) is 15.5 Å². The molecule has 0 atom stereocenters. The first kappa shape index (κ1) is 17.1. The number of ether oxygens (including phenoxy) is 1.